The lowest BCUT2D eigenvalue weighted by molar-refractivity contribution is -0.385. The Bertz CT molecular complexity index is 485. The summed E-state index contributed by atoms with van der Waals surface area (Å²) >= 11 is 0. The monoisotopic (exact) mass is 223 g/mol. The predicted octanol–water partition coefficient (Wildman–Crippen LogP) is 0.481. The van der Waals surface area contributed by atoms with Gasteiger partial charge in [0.1, 0.15) is 0 Å². The molecule has 1 aromatic carbocycles. The number of hydrogen-bond donors (Lipinski definition) is 1. The number of benzene rings is 1. The van der Waals surface area contributed by atoms with Crippen LogP contribution >= 0.6 is 0 Å². The minimum Gasteiger partial charge on any atom is -0.286 e. The van der Waals surface area contributed by atoms with Crippen molar-refractivity contribution in [2.75, 3.05) is 0 Å². The van der Waals surface area contributed by atoms with Crippen molar-refractivity contribution in [1.82, 2.24) is 20.6 Å². The number of aromatic nitrogens is 4. The number of nitrogens with zero attached hydrogens (tertiary/aromatic N) is 4. The zero-order chi connectivity index (χ0) is 11.4. The molecule has 16 heavy (non-hydrogen) atoms. The van der Waals surface area contributed by atoms with E-state index in [0.29, 0.717) is 0 Å². The number of tetrazole rings is 1. The molecule has 82 valence electrons. The Morgan fingerprint density at radius 3 is 2.94 bits per heavy atom. The molecule has 0 unspecified atom stereocenters. The number of aromatic amines is 1. The van der Waals surface area contributed by atoms with Gasteiger partial charge in [-0.2, -0.15) is 5.21 Å². The molecule has 9 heteroatoms. The second-order valence-electron chi connectivity index (χ2n) is 2.62. The largest absolute Gasteiger partial charge is 0.405 e. The van der Waals surface area contributed by atoms with Gasteiger partial charge < -0.3 is 0 Å². The Hall–Kier alpha value is -2.71. The van der Waals surface area contributed by atoms with Crippen LogP contribution in [-0.2, 0) is 0 Å². The van der Waals surface area contributed by atoms with Crippen molar-refractivity contribution >= 4 is 5.69 Å². The van der Waals surface area contributed by atoms with E-state index >= 15 is 0 Å². The van der Waals surface area contributed by atoms with E-state index in [1.807, 2.05) is 0 Å². The third-order valence-electron chi connectivity index (χ3n) is 1.57. The first-order valence-electron chi connectivity index (χ1n) is 4.08. The van der Waals surface area contributed by atoms with E-state index in [2.05, 4.69) is 25.5 Å². The van der Waals surface area contributed by atoms with Crippen LogP contribution in [0.5, 0.6) is 11.8 Å². The summed E-state index contributed by atoms with van der Waals surface area (Å²) in [5.74, 6) is 0.166. The third-order valence-corrected chi connectivity index (χ3v) is 1.57. The highest BCUT2D eigenvalue weighted by Gasteiger charge is 2.08. The second-order valence-corrected chi connectivity index (χ2v) is 2.62. The average Bonchev–Trinajstić information content (AvgIpc) is 2.79. The van der Waals surface area contributed by atoms with E-state index in [0.717, 1.165) is 0 Å². The van der Waals surface area contributed by atoms with Crippen molar-refractivity contribution in [3.05, 3.63) is 34.4 Å². The van der Waals surface area contributed by atoms with Crippen molar-refractivity contribution in [2.24, 2.45) is 0 Å². The van der Waals surface area contributed by atoms with E-state index in [4.69, 9.17) is 4.89 Å². The van der Waals surface area contributed by atoms with Gasteiger partial charge in [0.2, 0.25) is 0 Å². The Labute approximate surface area is 88.1 Å². The SMILES string of the molecule is O=[N+]([O-])c1cccc(OOc2nn[nH]n2)c1. The molecule has 0 atom stereocenters. The summed E-state index contributed by atoms with van der Waals surface area (Å²) in [6.45, 7) is 0. The minimum absolute atomic E-state index is 0.103. The van der Waals surface area contributed by atoms with Crippen LogP contribution in [0.25, 0.3) is 0 Å². The molecular formula is C7H5N5O4. The zero-order valence-electron chi connectivity index (χ0n) is 7.73. The summed E-state index contributed by atoms with van der Waals surface area (Å²) < 4.78 is 0. The van der Waals surface area contributed by atoms with E-state index in [-0.39, 0.29) is 17.4 Å². The molecule has 1 heterocycles. The highest BCUT2D eigenvalue weighted by atomic mass is 17.2. The lowest BCUT2D eigenvalue weighted by Crippen LogP contribution is -2.02. The summed E-state index contributed by atoms with van der Waals surface area (Å²) in [5, 5.41) is 22.8. The van der Waals surface area contributed by atoms with Crippen LogP contribution in [0, 0.1) is 10.1 Å². The second kappa shape index (κ2) is 4.21. The molecule has 0 radical (unpaired) electrons. The maximum Gasteiger partial charge on any atom is 0.405 e. The average molecular weight is 223 g/mol. The first kappa shape index (κ1) is 9.83. The molecule has 0 aliphatic heterocycles. The highest BCUT2D eigenvalue weighted by molar-refractivity contribution is 5.37. The van der Waals surface area contributed by atoms with Gasteiger partial charge in [0.25, 0.3) is 5.69 Å². The molecule has 1 aromatic heterocycles. The van der Waals surface area contributed by atoms with Crippen LogP contribution in [0.4, 0.5) is 5.69 Å². The minimum atomic E-state index is -0.540. The van der Waals surface area contributed by atoms with E-state index in [1.165, 1.54) is 24.3 Å². The molecule has 9 nitrogen and oxygen atoms in total. The van der Waals surface area contributed by atoms with E-state index < -0.39 is 4.92 Å². The summed E-state index contributed by atoms with van der Waals surface area (Å²) in [7, 11) is 0. The Kier molecular flexibility index (Phi) is 2.59. The fourth-order valence-corrected chi connectivity index (χ4v) is 0.922. The summed E-state index contributed by atoms with van der Waals surface area (Å²) in [4.78, 5) is 19.3. The number of nitrogens with one attached hydrogen (secondary N) is 1. The smallest absolute Gasteiger partial charge is 0.286 e. The van der Waals surface area contributed by atoms with Gasteiger partial charge >= 0.3 is 6.01 Å². The maximum absolute atomic E-state index is 10.5. The molecule has 0 aliphatic carbocycles. The van der Waals surface area contributed by atoms with Gasteiger partial charge in [0.15, 0.2) is 5.75 Å². The molecule has 0 aliphatic rings. The molecular weight excluding hydrogens is 218 g/mol. The molecule has 0 bridgehead atoms. The van der Waals surface area contributed by atoms with E-state index in [1.54, 1.807) is 0 Å². The lowest BCUT2D eigenvalue weighted by Gasteiger charge is -2.00. The Balaban J connectivity index is 2.04. The molecule has 0 fully saturated rings. The fraction of sp³-hybridized carbons (Fsp3) is 0. The van der Waals surface area contributed by atoms with Gasteiger partial charge in [-0.05, 0) is 11.3 Å². The van der Waals surface area contributed by atoms with Crippen LogP contribution in [0.2, 0.25) is 0 Å². The van der Waals surface area contributed by atoms with Gasteiger partial charge in [-0.25, -0.2) is 4.89 Å². The van der Waals surface area contributed by atoms with Crippen LogP contribution in [0.15, 0.2) is 24.3 Å². The van der Waals surface area contributed by atoms with Crippen molar-refractivity contribution in [1.29, 1.82) is 0 Å². The van der Waals surface area contributed by atoms with Gasteiger partial charge in [-0.15, -0.1) is 0 Å². The quantitative estimate of drug-likeness (QED) is 0.455. The normalized spacial score (nSPS) is 9.75. The number of nitro groups is 1. The maximum atomic E-state index is 10.5. The first-order chi connectivity index (χ1) is 7.75. The van der Waals surface area contributed by atoms with Crippen LogP contribution in [0.1, 0.15) is 0 Å². The number of H-pyrrole nitrogens is 1. The molecule has 1 N–H and O–H groups in total. The summed E-state index contributed by atoms with van der Waals surface area (Å²) in [5.41, 5.74) is -0.103. The summed E-state index contributed by atoms with van der Waals surface area (Å²) in [6.07, 6.45) is 0. The number of non-ortho nitro benzene ring substituents is 1. The predicted molar refractivity (Wildman–Crippen MR) is 48.5 cm³/mol. The zero-order valence-corrected chi connectivity index (χ0v) is 7.73. The first-order valence-corrected chi connectivity index (χ1v) is 4.08. The Morgan fingerprint density at radius 2 is 2.25 bits per heavy atom. The van der Waals surface area contributed by atoms with E-state index in [9.17, 15) is 10.1 Å². The van der Waals surface area contributed by atoms with Gasteiger partial charge in [0.05, 0.1) is 11.0 Å². The van der Waals surface area contributed by atoms with Crippen molar-refractivity contribution in [3.63, 3.8) is 0 Å². The summed E-state index contributed by atoms with van der Waals surface area (Å²) in [6, 6.07) is 5.38. The fourth-order valence-electron chi connectivity index (χ4n) is 0.922. The van der Waals surface area contributed by atoms with Crippen molar-refractivity contribution in [2.45, 2.75) is 0 Å². The lowest BCUT2D eigenvalue weighted by atomic mass is 10.3. The molecule has 0 amide bonds. The standard InChI is InChI=1S/C7H5N5O4/c13-12(14)5-2-1-3-6(4-5)15-16-7-8-10-11-9-7/h1-4H,(H,8,9,10,11). The van der Waals surface area contributed by atoms with Crippen LogP contribution < -0.4 is 9.78 Å². The molecule has 0 saturated carbocycles. The van der Waals surface area contributed by atoms with Crippen molar-refractivity contribution in [3.8, 4) is 11.8 Å². The van der Waals surface area contributed by atoms with Crippen LogP contribution in [0.3, 0.4) is 0 Å². The van der Waals surface area contributed by atoms with Gasteiger partial charge in [0, 0.05) is 6.07 Å². The molecule has 0 spiro atoms. The molecule has 0 saturated heterocycles. The highest BCUT2D eigenvalue weighted by Crippen LogP contribution is 2.19. The van der Waals surface area contributed by atoms with Crippen LogP contribution in [-0.4, -0.2) is 25.5 Å². The molecule has 2 aromatic rings. The molecule has 2 rings (SSSR count). The number of nitro benzene ring substituents is 1. The number of rotatable bonds is 4. The number of hydrogen-bond acceptors (Lipinski definition) is 7. The van der Waals surface area contributed by atoms with Crippen molar-refractivity contribution < 1.29 is 14.7 Å². The third kappa shape index (κ3) is 2.20. The Morgan fingerprint density at radius 1 is 1.38 bits per heavy atom. The van der Waals surface area contributed by atoms with Gasteiger partial charge in [-0.1, -0.05) is 16.3 Å². The topological polar surface area (TPSA) is 116 Å². The van der Waals surface area contributed by atoms with Gasteiger partial charge in [-0.3, -0.25) is 15.0 Å².